The van der Waals surface area contributed by atoms with E-state index in [1.807, 2.05) is 0 Å². The molecule has 1 aromatic carbocycles. The lowest BCUT2D eigenvalue weighted by Gasteiger charge is -2.32. The van der Waals surface area contributed by atoms with Crippen molar-refractivity contribution < 1.29 is 10.2 Å². The van der Waals surface area contributed by atoms with Gasteiger partial charge in [-0.15, -0.1) is 0 Å². The second-order valence-corrected chi connectivity index (χ2v) is 7.24. The van der Waals surface area contributed by atoms with E-state index >= 15 is 0 Å². The quantitative estimate of drug-likeness (QED) is 0.193. The number of hydrogen-bond donors (Lipinski definition) is 2. The van der Waals surface area contributed by atoms with Gasteiger partial charge in [0.1, 0.15) is 11.5 Å². The van der Waals surface area contributed by atoms with E-state index in [9.17, 15) is 10.2 Å². The number of azide groups is 1. The lowest BCUT2D eigenvalue weighted by Crippen LogP contribution is -2.19. The zero-order valence-corrected chi connectivity index (χ0v) is 15.8. The van der Waals surface area contributed by atoms with E-state index in [-0.39, 0.29) is 29.9 Å². The van der Waals surface area contributed by atoms with Gasteiger partial charge in [-0.05, 0) is 61.8 Å². The summed E-state index contributed by atoms with van der Waals surface area (Å²) >= 11 is 0. The van der Waals surface area contributed by atoms with Crippen molar-refractivity contribution in [1.82, 2.24) is 0 Å². The lowest BCUT2D eigenvalue weighted by molar-refractivity contribution is 0.404. The van der Waals surface area contributed by atoms with Crippen molar-refractivity contribution in [3.8, 4) is 11.5 Å². The summed E-state index contributed by atoms with van der Waals surface area (Å²) in [6.45, 7) is 8.54. The van der Waals surface area contributed by atoms with E-state index in [2.05, 4.69) is 36.5 Å². The lowest BCUT2D eigenvalue weighted by atomic mass is 9.73. The van der Waals surface area contributed by atoms with Crippen LogP contribution < -0.4 is 0 Å². The van der Waals surface area contributed by atoms with Crippen molar-refractivity contribution >= 4 is 0 Å². The Kier molecular flexibility index (Phi) is 7.16. The van der Waals surface area contributed by atoms with E-state index in [0.717, 1.165) is 49.7 Å². The first-order valence-electron chi connectivity index (χ1n) is 9.38. The van der Waals surface area contributed by atoms with Gasteiger partial charge >= 0.3 is 0 Å². The molecule has 1 aromatic rings. The summed E-state index contributed by atoms with van der Waals surface area (Å²) in [6, 6.07) is 3.55. The maximum atomic E-state index is 10.6. The first-order chi connectivity index (χ1) is 12.5. The molecule has 0 saturated carbocycles. The Morgan fingerprint density at radius 3 is 2.62 bits per heavy atom. The van der Waals surface area contributed by atoms with E-state index in [1.54, 1.807) is 12.1 Å². The SMILES string of the molecule is C=C(CN=[N+]=[N-])[C@@H]1CCC(C)=CC1c1c(O)cc(CCCCC)cc1O. The fourth-order valence-corrected chi connectivity index (χ4v) is 3.80. The molecule has 1 unspecified atom stereocenters. The first-order valence-corrected chi connectivity index (χ1v) is 9.38. The van der Waals surface area contributed by atoms with E-state index in [1.165, 1.54) is 5.57 Å². The van der Waals surface area contributed by atoms with Crippen LogP contribution >= 0.6 is 0 Å². The molecule has 0 fully saturated rings. The highest BCUT2D eigenvalue weighted by Gasteiger charge is 2.31. The van der Waals surface area contributed by atoms with E-state index < -0.39 is 0 Å². The topological polar surface area (TPSA) is 89.2 Å². The van der Waals surface area contributed by atoms with Gasteiger partial charge in [-0.2, -0.15) is 0 Å². The number of hydrogen-bond acceptors (Lipinski definition) is 3. The third-order valence-corrected chi connectivity index (χ3v) is 5.21. The van der Waals surface area contributed by atoms with Crippen LogP contribution in [0.15, 0.2) is 41.0 Å². The first kappa shape index (κ1) is 19.9. The minimum atomic E-state index is -0.158. The van der Waals surface area contributed by atoms with Crippen molar-refractivity contribution in [2.24, 2.45) is 11.0 Å². The molecule has 26 heavy (non-hydrogen) atoms. The number of aryl methyl sites for hydroxylation is 1. The standard InChI is InChI=1S/C21H29N3O2/c1-4-5-6-7-16-11-19(25)21(20(26)12-16)18-10-14(2)8-9-17(18)15(3)13-23-24-22/h10-12,17-18,25-26H,3-9,13H2,1-2H3/t17-,18?/m0/s1. The second-order valence-electron chi connectivity index (χ2n) is 7.24. The Labute approximate surface area is 155 Å². The average Bonchev–Trinajstić information content (AvgIpc) is 2.59. The zero-order chi connectivity index (χ0) is 19.1. The molecule has 0 spiro atoms. The number of unbranched alkanes of at least 4 members (excludes halogenated alkanes) is 2. The number of benzene rings is 1. The molecule has 0 amide bonds. The Hall–Kier alpha value is -2.39. The van der Waals surface area contributed by atoms with Crippen LogP contribution in [-0.2, 0) is 6.42 Å². The van der Waals surface area contributed by atoms with Crippen LogP contribution in [0, 0.1) is 5.92 Å². The molecule has 2 atom stereocenters. The van der Waals surface area contributed by atoms with Gasteiger partial charge in [0.15, 0.2) is 0 Å². The molecule has 0 radical (unpaired) electrons. The van der Waals surface area contributed by atoms with Crippen molar-refractivity contribution in [1.29, 1.82) is 0 Å². The largest absolute Gasteiger partial charge is 0.507 e. The highest BCUT2D eigenvalue weighted by molar-refractivity contribution is 5.52. The predicted molar refractivity (Wildman–Crippen MR) is 105 cm³/mol. The number of aromatic hydroxyl groups is 2. The predicted octanol–water partition coefficient (Wildman–Crippen LogP) is 6.14. The van der Waals surface area contributed by atoms with Crippen LogP contribution in [0.4, 0.5) is 0 Å². The monoisotopic (exact) mass is 355 g/mol. The van der Waals surface area contributed by atoms with E-state index in [4.69, 9.17) is 5.53 Å². The van der Waals surface area contributed by atoms with Gasteiger partial charge in [-0.25, -0.2) is 0 Å². The van der Waals surface area contributed by atoms with Crippen molar-refractivity contribution in [2.75, 3.05) is 6.54 Å². The Morgan fingerprint density at radius 1 is 1.31 bits per heavy atom. The Morgan fingerprint density at radius 2 is 2.00 bits per heavy atom. The molecule has 2 N–H and O–H groups in total. The summed E-state index contributed by atoms with van der Waals surface area (Å²) in [4.78, 5) is 2.82. The molecule has 2 rings (SSSR count). The van der Waals surface area contributed by atoms with Gasteiger partial charge < -0.3 is 10.2 Å². The molecule has 0 bridgehead atoms. The molecule has 140 valence electrons. The minimum absolute atomic E-state index is 0.0342. The third-order valence-electron chi connectivity index (χ3n) is 5.21. The van der Waals surface area contributed by atoms with Crippen LogP contribution in [0.25, 0.3) is 10.4 Å². The molecule has 0 aromatic heterocycles. The molecule has 1 aliphatic carbocycles. The maximum Gasteiger partial charge on any atom is 0.123 e. The summed E-state index contributed by atoms with van der Waals surface area (Å²) in [5, 5.41) is 24.9. The summed E-state index contributed by atoms with van der Waals surface area (Å²) in [7, 11) is 0. The second kappa shape index (κ2) is 9.35. The smallest absolute Gasteiger partial charge is 0.123 e. The number of nitrogens with zero attached hydrogens (tertiary/aromatic N) is 3. The van der Waals surface area contributed by atoms with Crippen LogP contribution in [0.1, 0.15) is 63.0 Å². The molecule has 5 heteroatoms. The minimum Gasteiger partial charge on any atom is -0.507 e. The Bertz CT molecular complexity index is 710. The molecule has 0 heterocycles. The Balaban J connectivity index is 2.34. The zero-order valence-electron chi connectivity index (χ0n) is 15.8. The fourth-order valence-electron chi connectivity index (χ4n) is 3.80. The summed E-state index contributed by atoms with van der Waals surface area (Å²) in [6.07, 6.45) is 8.06. The number of phenols is 2. The van der Waals surface area contributed by atoms with Gasteiger partial charge in [-0.1, -0.05) is 48.7 Å². The van der Waals surface area contributed by atoms with Crippen molar-refractivity contribution in [2.45, 2.75) is 58.3 Å². The maximum absolute atomic E-state index is 10.6. The molecule has 5 nitrogen and oxygen atoms in total. The van der Waals surface area contributed by atoms with Gasteiger partial charge in [0.2, 0.25) is 0 Å². The highest BCUT2D eigenvalue weighted by atomic mass is 16.3. The third kappa shape index (κ3) is 4.83. The van der Waals surface area contributed by atoms with Crippen molar-refractivity contribution in [3.63, 3.8) is 0 Å². The van der Waals surface area contributed by atoms with Crippen LogP contribution in [0.5, 0.6) is 11.5 Å². The average molecular weight is 355 g/mol. The molecular formula is C21H29N3O2. The molecule has 0 aliphatic heterocycles. The van der Waals surface area contributed by atoms with Gasteiger partial charge in [0.25, 0.3) is 0 Å². The van der Waals surface area contributed by atoms with E-state index in [0.29, 0.717) is 5.56 Å². The summed E-state index contributed by atoms with van der Waals surface area (Å²) in [5.41, 5.74) is 12.1. The molecule has 0 saturated heterocycles. The number of allylic oxidation sites excluding steroid dienone is 2. The van der Waals surface area contributed by atoms with Crippen LogP contribution in [0.2, 0.25) is 0 Å². The van der Waals surface area contributed by atoms with Crippen LogP contribution in [-0.4, -0.2) is 16.8 Å². The fraction of sp³-hybridized carbons (Fsp3) is 0.524. The molecular weight excluding hydrogens is 326 g/mol. The number of rotatable bonds is 8. The summed E-state index contributed by atoms with van der Waals surface area (Å²) < 4.78 is 0. The van der Waals surface area contributed by atoms with Gasteiger partial charge in [-0.3, -0.25) is 0 Å². The van der Waals surface area contributed by atoms with Crippen LogP contribution in [0.3, 0.4) is 0 Å². The van der Waals surface area contributed by atoms with Gasteiger partial charge in [0.05, 0.1) is 0 Å². The van der Waals surface area contributed by atoms with Crippen molar-refractivity contribution in [3.05, 3.63) is 57.5 Å². The number of phenolic OH excluding ortho intramolecular Hbond substituents is 2. The normalized spacial score (nSPS) is 19.5. The summed E-state index contributed by atoms with van der Waals surface area (Å²) in [5.74, 6) is 0.143. The van der Waals surface area contributed by atoms with Gasteiger partial charge in [0, 0.05) is 22.9 Å². The molecule has 1 aliphatic rings. The highest BCUT2D eigenvalue weighted by Crippen LogP contribution is 2.46.